The Morgan fingerprint density at radius 1 is 1.11 bits per heavy atom. The molecular weight excluding hydrogens is 569 g/mol. The third kappa shape index (κ3) is 8.22. The van der Waals surface area contributed by atoms with E-state index in [-0.39, 0.29) is 21.8 Å². The van der Waals surface area contributed by atoms with Crippen LogP contribution >= 0.6 is 46.6 Å². The molecule has 15 heteroatoms. The lowest BCUT2D eigenvalue weighted by molar-refractivity contribution is -0.139. The van der Waals surface area contributed by atoms with Gasteiger partial charge in [0.05, 0.1) is 40.1 Å². The fraction of sp³-hybridized carbons (Fsp3) is 0.273. The minimum atomic E-state index is -1.38. The van der Waals surface area contributed by atoms with Crippen LogP contribution in [0.4, 0.5) is 4.79 Å². The van der Waals surface area contributed by atoms with E-state index in [4.69, 9.17) is 44.3 Å². The summed E-state index contributed by atoms with van der Waals surface area (Å²) in [5.74, 6) is -1.26. The summed E-state index contributed by atoms with van der Waals surface area (Å²) < 4.78 is 11.3. The zero-order valence-corrected chi connectivity index (χ0v) is 22.3. The van der Waals surface area contributed by atoms with Crippen LogP contribution in [0.1, 0.15) is 12.0 Å². The number of carbonyl (C=O) groups excluding carboxylic acids is 2. The molecule has 1 aromatic heterocycles. The Bertz CT molecular complexity index is 1270. The van der Waals surface area contributed by atoms with Crippen molar-refractivity contribution in [2.75, 3.05) is 13.7 Å². The van der Waals surface area contributed by atoms with E-state index < -0.39 is 36.9 Å². The van der Waals surface area contributed by atoms with E-state index in [0.29, 0.717) is 22.1 Å². The van der Waals surface area contributed by atoms with E-state index in [1.54, 1.807) is 25.3 Å². The van der Waals surface area contributed by atoms with Gasteiger partial charge in [0.2, 0.25) is 5.16 Å². The topological polar surface area (TPSA) is 146 Å². The summed E-state index contributed by atoms with van der Waals surface area (Å²) in [4.78, 5) is 36.8. The molecule has 37 heavy (non-hydrogen) atoms. The smallest absolute Gasteiger partial charge is 0.407 e. The molecule has 1 atom stereocenters. The van der Waals surface area contributed by atoms with Crippen LogP contribution in [-0.2, 0) is 27.3 Å². The van der Waals surface area contributed by atoms with Gasteiger partial charge in [0, 0.05) is 6.42 Å². The number of hydrogen-bond donors (Lipinski definition) is 2. The number of nitrogens with zero attached hydrogens (tertiary/aromatic N) is 4. The second-order valence-electron chi connectivity index (χ2n) is 7.39. The molecule has 196 valence electrons. The number of alkyl carbamates (subject to hydrolysis) is 1. The maximum absolute atomic E-state index is 12.9. The van der Waals surface area contributed by atoms with Gasteiger partial charge in [-0.2, -0.15) is 0 Å². The summed E-state index contributed by atoms with van der Waals surface area (Å²) in [6.45, 7) is -0.420. The predicted molar refractivity (Wildman–Crippen MR) is 136 cm³/mol. The van der Waals surface area contributed by atoms with E-state index in [2.05, 4.69) is 20.8 Å². The lowest BCUT2D eigenvalue weighted by Crippen LogP contribution is -2.44. The highest BCUT2D eigenvalue weighted by atomic mass is 35.5. The summed E-state index contributed by atoms with van der Waals surface area (Å²) in [7, 11) is 1.56. The molecule has 0 saturated heterocycles. The number of ether oxygens (including phenoxy) is 2. The van der Waals surface area contributed by atoms with Gasteiger partial charge in [-0.3, -0.25) is 9.59 Å². The number of carboxylic acid groups (broad SMARTS) is 1. The molecule has 0 aliphatic heterocycles. The van der Waals surface area contributed by atoms with E-state index in [9.17, 15) is 19.5 Å². The van der Waals surface area contributed by atoms with Crippen LogP contribution in [0.15, 0.2) is 46.5 Å². The van der Waals surface area contributed by atoms with Crippen molar-refractivity contribution in [2.24, 2.45) is 0 Å². The first-order chi connectivity index (χ1) is 17.7. The fourth-order valence-electron chi connectivity index (χ4n) is 2.98. The van der Waals surface area contributed by atoms with Gasteiger partial charge in [0.1, 0.15) is 18.3 Å². The third-order valence-electron chi connectivity index (χ3n) is 4.84. The van der Waals surface area contributed by atoms with Crippen LogP contribution in [0.25, 0.3) is 0 Å². The van der Waals surface area contributed by atoms with Crippen LogP contribution in [0.5, 0.6) is 5.75 Å². The van der Waals surface area contributed by atoms with E-state index in [1.807, 2.05) is 12.1 Å². The molecule has 1 unspecified atom stereocenters. The third-order valence-corrected chi connectivity index (χ3v) is 7.29. The number of benzene rings is 2. The van der Waals surface area contributed by atoms with Crippen molar-refractivity contribution >= 4 is 64.4 Å². The van der Waals surface area contributed by atoms with Crippen molar-refractivity contribution in [1.82, 2.24) is 25.5 Å². The van der Waals surface area contributed by atoms with Gasteiger partial charge in [0.15, 0.2) is 5.78 Å². The largest absolute Gasteiger partial charge is 0.497 e. The Hall–Kier alpha value is -3.06. The molecule has 1 amide bonds. The summed E-state index contributed by atoms with van der Waals surface area (Å²) in [5.41, 5.74) is 0.899. The van der Waals surface area contributed by atoms with Crippen LogP contribution in [-0.4, -0.2) is 62.9 Å². The number of carbonyl (C=O) groups is 3. The standard InChI is InChI=1S/C22H20Cl3N5O6S/c1-35-13-4-2-12(3-5-13)8-9-36-22(34)26-16(10-18(32)33)17(31)11-30-21(27-28-29-30)37-20-15(24)7-6-14(23)19(20)25/h2-7,16H,8-11H2,1H3,(H,26,34)(H,32,33). The van der Waals surface area contributed by atoms with Crippen molar-refractivity contribution in [1.29, 1.82) is 0 Å². The summed E-state index contributed by atoms with van der Waals surface area (Å²) in [6.07, 6.45) is -1.19. The molecule has 3 rings (SSSR count). The van der Waals surface area contributed by atoms with E-state index in [0.717, 1.165) is 22.0 Å². The normalized spacial score (nSPS) is 11.6. The molecule has 0 aliphatic rings. The molecule has 2 aromatic carbocycles. The lowest BCUT2D eigenvalue weighted by Gasteiger charge is -2.16. The molecule has 0 aliphatic carbocycles. The average molecular weight is 589 g/mol. The van der Waals surface area contributed by atoms with Gasteiger partial charge in [-0.05, 0) is 52.0 Å². The maximum atomic E-state index is 12.9. The highest BCUT2D eigenvalue weighted by Crippen LogP contribution is 2.41. The number of tetrazole rings is 1. The van der Waals surface area contributed by atoms with Crippen LogP contribution in [0, 0.1) is 0 Å². The van der Waals surface area contributed by atoms with Crippen LogP contribution in [0.2, 0.25) is 15.1 Å². The number of amides is 1. The lowest BCUT2D eigenvalue weighted by atomic mass is 10.1. The number of rotatable bonds is 12. The second-order valence-corrected chi connectivity index (χ2v) is 9.56. The first-order valence-electron chi connectivity index (χ1n) is 10.6. The van der Waals surface area contributed by atoms with Crippen molar-refractivity contribution in [3.8, 4) is 5.75 Å². The molecule has 0 spiro atoms. The SMILES string of the molecule is COc1ccc(CCOC(=O)NC(CC(=O)O)C(=O)Cn2nnnc2Sc2c(Cl)ccc(Cl)c2Cl)cc1. The number of methoxy groups -OCH3 is 1. The Morgan fingerprint density at radius 2 is 1.81 bits per heavy atom. The number of carboxylic acids is 1. The van der Waals surface area contributed by atoms with Gasteiger partial charge >= 0.3 is 12.1 Å². The number of aromatic nitrogens is 4. The summed E-state index contributed by atoms with van der Waals surface area (Å²) >= 11 is 19.4. The van der Waals surface area contributed by atoms with Crippen molar-refractivity contribution in [3.05, 3.63) is 57.0 Å². The van der Waals surface area contributed by atoms with Gasteiger partial charge in [-0.1, -0.05) is 46.9 Å². The Kier molecular flexibility index (Phi) is 10.4. The average Bonchev–Trinajstić information content (AvgIpc) is 3.30. The number of halogens is 3. The predicted octanol–water partition coefficient (Wildman–Crippen LogP) is 4.17. The molecule has 0 bridgehead atoms. The Labute approximate surface area is 230 Å². The second kappa shape index (κ2) is 13.5. The van der Waals surface area contributed by atoms with E-state index in [1.165, 1.54) is 6.07 Å². The van der Waals surface area contributed by atoms with Crippen molar-refractivity contribution in [2.45, 2.75) is 35.5 Å². The first-order valence-corrected chi connectivity index (χ1v) is 12.5. The minimum absolute atomic E-state index is 0.0150. The van der Waals surface area contributed by atoms with Gasteiger partial charge in [-0.15, -0.1) is 5.10 Å². The highest BCUT2D eigenvalue weighted by molar-refractivity contribution is 7.99. The van der Waals surface area contributed by atoms with Crippen LogP contribution in [0.3, 0.4) is 0 Å². The molecular formula is C22H20Cl3N5O6S. The monoisotopic (exact) mass is 587 g/mol. The van der Waals surface area contributed by atoms with Gasteiger partial charge < -0.3 is 19.9 Å². The first kappa shape index (κ1) is 28.5. The molecule has 1 heterocycles. The fourth-order valence-corrected chi connectivity index (χ4v) is 4.62. The zero-order chi connectivity index (χ0) is 26.9. The molecule has 11 nitrogen and oxygen atoms in total. The van der Waals surface area contributed by atoms with Gasteiger partial charge in [-0.25, -0.2) is 9.48 Å². The molecule has 0 saturated carbocycles. The quantitative estimate of drug-likeness (QED) is 0.296. The number of hydrogen-bond acceptors (Lipinski definition) is 9. The van der Waals surface area contributed by atoms with E-state index >= 15 is 0 Å². The van der Waals surface area contributed by atoms with Crippen LogP contribution < -0.4 is 10.1 Å². The zero-order valence-electron chi connectivity index (χ0n) is 19.2. The number of nitrogens with one attached hydrogen (secondary N) is 1. The number of ketones is 1. The Morgan fingerprint density at radius 3 is 2.49 bits per heavy atom. The van der Waals surface area contributed by atoms with Crippen molar-refractivity contribution < 1.29 is 29.0 Å². The Balaban J connectivity index is 1.61. The van der Waals surface area contributed by atoms with Crippen molar-refractivity contribution in [3.63, 3.8) is 0 Å². The number of aliphatic carboxylic acids is 1. The summed E-state index contributed by atoms with van der Waals surface area (Å²) in [6, 6.07) is 8.88. The molecule has 0 radical (unpaired) electrons. The molecule has 2 N–H and O–H groups in total. The maximum Gasteiger partial charge on any atom is 0.407 e. The molecule has 3 aromatic rings. The number of Topliss-reactive ketones (excluding diaryl/α,β-unsaturated/α-hetero) is 1. The van der Waals surface area contributed by atoms with Gasteiger partial charge in [0.25, 0.3) is 0 Å². The molecule has 0 fully saturated rings. The minimum Gasteiger partial charge on any atom is -0.497 e. The summed E-state index contributed by atoms with van der Waals surface area (Å²) in [5, 5.41) is 23.6. The highest BCUT2D eigenvalue weighted by Gasteiger charge is 2.26.